The summed E-state index contributed by atoms with van der Waals surface area (Å²) in [5.74, 6) is 1.73. The highest BCUT2D eigenvalue weighted by Crippen LogP contribution is 2.28. The monoisotopic (exact) mass is 389 g/mol. The number of rotatable bonds is 6. The van der Waals surface area contributed by atoms with Crippen LogP contribution in [0.4, 0.5) is 0 Å². The van der Waals surface area contributed by atoms with Crippen LogP contribution in [0.1, 0.15) is 22.3 Å². The minimum atomic E-state index is 0.792. The number of benzene rings is 2. The molecule has 4 nitrogen and oxygen atoms in total. The van der Waals surface area contributed by atoms with Crippen molar-refractivity contribution in [3.05, 3.63) is 83.2 Å². The molecule has 5 heteroatoms. The first-order chi connectivity index (χ1) is 13.6. The molecule has 0 fully saturated rings. The minimum absolute atomic E-state index is 0.792. The summed E-state index contributed by atoms with van der Waals surface area (Å²) in [6.45, 7) is 5.09. The van der Waals surface area contributed by atoms with Gasteiger partial charge in [-0.2, -0.15) is 0 Å². The van der Waals surface area contributed by atoms with Crippen LogP contribution in [0.25, 0.3) is 11.0 Å². The van der Waals surface area contributed by atoms with Gasteiger partial charge in [-0.3, -0.25) is 4.98 Å². The van der Waals surface area contributed by atoms with Crippen molar-refractivity contribution in [2.45, 2.75) is 31.3 Å². The van der Waals surface area contributed by atoms with Crippen LogP contribution in [-0.2, 0) is 12.3 Å². The van der Waals surface area contributed by atoms with Gasteiger partial charge < -0.3 is 9.30 Å². The molecule has 0 unspecified atom stereocenters. The summed E-state index contributed by atoms with van der Waals surface area (Å²) < 4.78 is 7.52. The Morgan fingerprint density at radius 2 is 1.86 bits per heavy atom. The van der Waals surface area contributed by atoms with Gasteiger partial charge in [0.15, 0.2) is 5.16 Å². The predicted octanol–water partition coefficient (Wildman–Crippen LogP) is 5.40. The van der Waals surface area contributed by atoms with E-state index in [0.717, 1.165) is 34.2 Å². The van der Waals surface area contributed by atoms with E-state index in [1.165, 1.54) is 22.3 Å². The largest absolute Gasteiger partial charge is 0.497 e. The third-order valence-corrected chi connectivity index (χ3v) is 5.92. The Morgan fingerprint density at radius 1 is 1.04 bits per heavy atom. The van der Waals surface area contributed by atoms with Crippen LogP contribution in [-0.4, -0.2) is 21.6 Å². The standard InChI is InChI=1S/C23H23N3OS/c1-16-4-5-17(2)19(12-16)14-26-22-13-24-11-10-21(22)25-23(26)28-15-18-6-8-20(27-3)9-7-18/h4-13H,14-15H2,1-3H3. The van der Waals surface area contributed by atoms with E-state index in [4.69, 9.17) is 9.72 Å². The van der Waals surface area contributed by atoms with Gasteiger partial charge in [-0.1, -0.05) is 47.7 Å². The lowest BCUT2D eigenvalue weighted by atomic mass is 10.1. The molecule has 0 saturated heterocycles. The molecule has 0 atom stereocenters. The Kier molecular flexibility index (Phi) is 5.35. The fourth-order valence-corrected chi connectivity index (χ4v) is 4.19. The molecule has 2 aromatic carbocycles. The lowest BCUT2D eigenvalue weighted by Crippen LogP contribution is -2.04. The van der Waals surface area contributed by atoms with Gasteiger partial charge in [0, 0.05) is 11.9 Å². The van der Waals surface area contributed by atoms with E-state index in [1.807, 2.05) is 24.4 Å². The fourth-order valence-electron chi connectivity index (χ4n) is 3.22. The van der Waals surface area contributed by atoms with Crippen LogP contribution >= 0.6 is 11.8 Å². The number of pyridine rings is 1. The fraction of sp³-hybridized carbons (Fsp3) is 0.217. The highest BCUT2D eigenvalue weighted by Gasteiger charge is 2.13. The number of fused-ring (bicyclic) bond motifs is 1. The molecule has 4 aromatic rings. The van der Waals surface area contributed by atoms with Crippen LogP contribution in [0, 0.1) is 13.8 Å². The number of aryl methyl sites for hydroxylation is 2. The van der Waals surface area contributed by atoms with E-state index in [1.54, 1.807) is 25.1 Å². The maximum atomic E-state index is 5.25. The molecule has 0 spiro atoms. The van der Waals surface area contributed by atoms with Gasteiger partial charge in [0.2, 0.25) is 0 Å². The summed E-state index contributed by atoms with van der Waals surface area (Å²) in [5.41, 5.74) is 7.18. The van der Waals surface area contributed by atoms with E-state index in [2.05, 4.69) is 53.7 Å². The Bertz CT molecular complexity index is 1100. The summed E-state index contributed by atoms with van der Waals surface area (Å²) in [6.07, 6.45) is 3.71. The second-order valence-corrected chi connectivity index (χ2v) is 7.85. The second kappa shape index (κ2) is 8.07. The van der Waals surface area contributed by atoms with E-state index in [9.17, 15) is 0 Å². The second-order valence-electron chi connectivity index (χ2n) is 6.91. The molecule has 0 bridgehead atoms. The van der Waals surface area contributed by atoms with Crippen LogP contribution in [0.2, 0.25) is 0 Å². The lowest BCUT2D eigenvalue weighted by Gasteiger charge is -2.12. The Balaban J connectivity index is 1.65. The number of methoxy groups -OCH3 is 1. The zero-order valence-electron chi connectivity index (χ0n) is 16.3. The zero-order valence-corrected chi connectivity index (χ0v) is 17.2. The molecule has 0 amide bonds. The van der Waals surface area contributed by atoms with Crippen molar-refractivity contribution in [2.75, 3.05) is 7.11 Å². The summed E-state index contributed by atoms with van der Waals surface area (Å²) in [7, 11) is 1.69. The van der Waals surface area contributed by atoms with Crippen molar-refractivity contribution < 1.29 is 4.74 Å². The van der Waals surface area contributed by atoms with Crippen molar-refractivity contribution in [1.29, 1.82) is 0 Å². The Hall–Kier alpha value is -2.79. The normalized spacial score (nSPS) is 11.1. The predicted molar refractivity (Wildman–Crippen MR) is 115 cm³/mol. The molecule has 0 aliphatic carbocycles. The van der Waals surface area contributed by atoms with Gasteiger partial charge in [-0.05, 0) is 48.7 Å². The molecule has 0 N–H and O–H groups in total. The van der Waals surface area contributed by atoms with Gasteiger partial charge in [0.1, 0.15) is 5.75 Å². The first-order valence-electron chi connectivity index (χ1n) is 9.26. The zero-order chi connectivity index (χ0) is 19.5. The molecule has 2 heterocycles. The average Bonchev–Trinajstić information content (AvgIpc) is 3.07. The van der Waals surface area contributed by atoms with Crippen molar-refractivity contribution in [1.82, 2.24) is 14.5 Å². The highest BCUT2D eigenvalue weighted by molar-refractivity contribution is 7.98. The molecular weight excluding hydrogens is 366 g/mol. The Labute approximate surface area is 169 Å². The molecular formula is C23H23N3OS. The third kappa shape index (κ3) is 3.90. The molecule has 4 rings (SSSR count). The highest BCUT2D eigenvalue weighted by atomic mass is 32.2. The molecule has 2 aromatic heterocycles. The first kappa shape index (κ1) is 18.6. The maximum absolute atomic E-state index is 5.25. The minimum Gasteiger partial charge on any atom is -0.497 e. The van der Waals surface area contributed by atoms with E-state index < -0.39 is 0 Å². The van der Waals surface area contributed by atoms with Crippen molar-refractivity contribution in [2.24, 2.45) is 0 Å². The van der Waals surface area contributed by atoms with Crippen LogP contribution in [0.5, 0.6) is 5.75 Å². The van der Waals surface area contributed by atoms with Gasteiger partial charge in [0.05, 0.1) is 30.9 Å². The van der Waals surface area contributed by atoms with Crippen molar-refractivity contribution >= 4 is 22.8 Å². The molecule has 0 radical (unpaired) electrons. The van der Waals surface area contributed by atoms with E-state index in [-0.39, 0.29) is 0 Å². The topological polar surface area (TPSA) is 39.9 Å². The Morgan fingerprint density at radius 3 is 2.64 bits per heavy atom. The number of hydrogen-bond donors (Lipinski definition) is 0. The number of hydrogen-bond acceptors (Lipinski definition) is 4. The summed E-state index contributed by atoms with van der Waals surface area (Å²) in [6, 6.07) is 16.8. The summed E-state index contributed by atoms with van der Waals surface area (Å²) in [4.78, 5) is 9.19. The number of thioether (sulfide) groups is 1. The smallest absolute Gasteiger partial charge is 0.169 e. The summed E-state index contributed by atoms with van der Waals surface area (Å²) >= 11 is 1.75. The van der Waals surface area contributed by atoms with Crippen molar-refractivity contribution in [3.8, 4) is 5.75 Å². The van der Waals surface area contributed by atoms with E-state index >= 15 is 0 Å². The summed E-state index contributed by atoms with van der Waals surface area (Å²) in [5, 5.41) is 1.01. The van der Waals surface area contributed by atoms with Crippen LogP contribution < -0.4 is 4.74 Å². The average molecular weight is 390 g/mol. The van der Waals surface area contributed by atoms with Gasteiger partial charge in [0.25, 0.3) is 0 Å². The number of nitrogens with zero attached hydrogens (tertiary/aromatic N) is 3. The van der Waals surface area contributed by atoms with E-state index in [0.29, 0.717) is 0 Å². The van der Waals surface area contributed by atoms with Crippen molar-refractivity contribution in [3.63, 3.8) is 0 Å². The SMILES string of the molecule is COc1ccc(CSc2nc3ccncc3n2Cc2cc(C)ccc2C)cc1. The van der Waals surface area contributed by atoms with Gasteiger partial charge in [-0.25, -0.2) is 4.98 Å². The number of imidazole rings is 1. The molecule has 142 valence electrons. The molecule has 0 saturated carbocycles. The quantitative estimate of drug-likeness (QED) is 0.414. The maximum Gasteiger partial charge on any atom is 0.169 e. The molecule has 0 aliphatic rings. The van der Waals surface area contributed by atoms with Crippen LogP contribution in [0.3, 0.4) is 0 Å². The first-order valence-corrected chi connectivity index (χ1v) is 10.2. The lowest BCUT2D eigenvalue weighted by molar-refractivity contribution is 0.414. The third-order valence-electron chi connectivity index (χ3n) is 4.88. The van der Waals surface area contributed by atoms with Crippen LogP contribution in [0.15, 0.2) is 66.1 Å². The van der Waals surface area contributed by atoms with Gasteiger partial charge in [-0.15, -0.1) is 0 Å². The number of ether oxygens (including phenoxy) is 1. The van der Waals surface area contributed by atoms with Gasteiger partial charge >= 0.3 is 0 Å². The molecule has 0 aliphatic heterocycles. The number of aromatic nitrogens is 3. The molecule has 28 heavy (non-hydrogen) atoms.